The smallest absolute Gasteiger partial charge is 0.259 e. The summed E-state index contributed by atoms with van der Waals surface area (Å²) in [5, 5.41) is 7.42. The Kier molecular flexibility index (Phi) is 4.80. The van der Waals surface area contributed by atoms with E-state index >= 15 is 0 Å². The normalized spacial score (nSPS) is 27.9. The van der Waals surface area contributed by atoms with Gasteiger partial charge in [0.15, 0.2) is 5.78 Å². The van der Waals surface area contributed by atoms with Gasteiger partial charge in [0.05, 0.1) is 6.04 Å². The Morgan fingerprint density at radius 1 is 1.32 bits per heavy atom. The number of nitrogens with zero attached hydrogens (tertiary/aromatic N) is 2. The minimum Gasteiger partial charge on any atom is -0.306 e. The number of carbonyl (C=O) groups is 3. The zero-order chi connectivity index (χ0) is 15.5. The molecule has 2 fully saturated rings. The van der Waals surface area contributed by atoms with Crippen molar-refractivity contribution in [2.24, 2.45) is 5.92 Å². The van der Waals surface area contributed by atoms with Gasteiger partial charge in [-0.3, -0.25) is 14.4 Å². The maximum absolute atomic E-state index is 12.5. The van der Waals surface area contributed by atoms with E-state index in [1.807, 2.05) is 18.2 Å². The number of pyridine rings is 1. The van der Waals surface area contributed by atoms with E-state index in [-0.39, 0.29) is 17.5 Å². The Morgan fingerprint density at radius 3 is 2.86 bits per heavy atom. The molecule has 0 spiro atoms. The quantitative estimate of drug-likeness (QED) is 0.483. The van der Waals surface area contributed by atoms with Crippen molar-refractivity contribution < 1.29 is 14.4 Å². The molecule has 1 N–H and O–H groups in total. The number of ketones is 1. The molecule has 2 unspecified atom stereocenters. The second kappa shape index (κ2) is 6.80. The summed E-state index contributed by atoms with van der Waals surface area (Å²) in [6.07, 6.45) is 2.48. The highest BCUT2D eigenvalue weighted by Crippen LogP contribution is 2.38. The van der Waals surface area contributed by atoms with Crippen LogP contribution in [0, 0.1) is 5.92 Å². The number of Topliss-reactive ketones (excluding diaryl/α,β-unsaturated/α-hetero) is 1. The lowest BCUT2D eigenvalue weighted by molar-refractivity contribution is -0.132. The highest BCUT2D eigenvalue weighted by atomic mass is 33.1. The van der Waals surface area contributed by atoms with E-state index in [1.54, 1.807) is 17.0 Å². The Morgan fingerprint density at radius 2 is 2.18 bits per heavy atom. The third-order valence-electron chi connectivity index (χ3n) is 3.62. The third kappa shape index (κ3) is 3.34. The maximum Gasteiger partial charge on any atom is 0.259 e. The van der Waals surface area contributed by atoms with Crippen LogP contribution in [-0.2, 0) is 14.4 Å². The first kappa shape index (κ1) is 15.5. The summed E-state index contributed by atoms with van der Waals surface area (Å²) in [5.41, 5.74) is 0. The van der Waals surface area contributed by atoms with Crippen molar-refractivity contribution in [1.82, 2.24) is 15.6 Å². The minimum absolute atomic E-state index is 0.0583. The lowest BCUT2D eigenvalue weighted by Gasteiger charge is -2.19. The lowest BCUT2D eigenvalue weighted by atomic mass is 9.95. The number of nitrogens with one attached hydrogen (secondary N) is 1. The number of hydrogen-bond acceptors (Lipinski definition) is 7. The fourth-order valence-electron chi connectivity index (χ4n) is 2.52. The van der Waals surface area contributed by atoms with Crippen molar-refractivity contribution in [2.45, 2.75) is 29.2 Å². The van der Waals surface area contributed by atoms with Gasteiger partial charge in [-0.15, -0.1) is 0 Å². The van der Waals surface area contributed by atoms with Crippen molar-refractivity contribution in [3.8, 4) is 0 Å². The van der Waals surface area contributed by atoms with E-state index in [0.717, 1.165) is 18.0 Å². The monoisotopic (exact) mass is 336 g/mol. The van der Waals surface area contributed by atoms with E-state index < -0.39 is 23.8 Å². The Bertz CT molecular complexity index is 596. The summed E-state index contributed by atoms with van der Waals surface area (Å²) in [6, 6.07) is 5.27. The van der Waals surface area contributed by atoms with Gasteiger partial charge in [-0.2, -0.15) is 5.32 Å². The van der Waals surface area contributed by atoms with Gasteiger partial charge in [-0.25, -0.2) is 4.98 Å². The van der Waals surface area contributed by atoms with Crippen LogP contribution in [0.1, 0.15) is 12.8 Å². The highest BCUT2D eigenvalue weighted by Gasteiger charge is 2.44. The topological polar surface area (TPSA) is 90.2 Å². The van der Waals surface area contributed by atoms with Crippen molar-refractivity contribution in [2.75, 3.05) is 6.54 Å². The number of carbonyl (C=O) groups excluding carboxylic acids is 3. The van der Waals surface area contributed by atoms with Gasteiger partial charge in [0, 0.05) is 17.9 Å². The standard InChI is InChI=1S/C14H14N3O3S2/c18-10-7-8(14(20)17-10)13(19)12-9(4-6-16-12)21-22-11-3-1-2-5-15-11/h1-3,5,8-9,12,16H,4,6-7H2/t8?,9?,12-/m0/s1. The summed E-state index contributed by atoms with van der Waals surface area (Å²) in [7, 11) is 3.10. The summed E-state index contributed by atoms with van der Waals surface area (Å²) < 4.78 is 0. The number of amides is 2. The molecule has 22 heavy (non-hydrogen) atoms. The predicted molar refractivity (Wildman–Crippen MR) is 83.1 cm³/mol. The van der Waals surface area contributed by atoms with Crippen LogP contribution in [0.2, 0.25) is 0 Å². The van der Waals surface area contributed by atoms with Crippen LogP contribution in [0.15, 0.2) is 29.4 Å². The molecule has 115 valence electrons. The van der Waals surface area contributed by atoms with Crippen LogP contribution in [0.4, 0.5) is 0 Å². The molecule has 0 bridgehead atoms. The molecule has 2 aliphatic rings. The van der Waals surface area contributed by atoms with Gasteiger partial charge in [0.1, 0.15) is 10.9 Å². The van der Waals surface area contributed by atoms with Gasteiger partial charge in [0.2, 0.25) is 5.91 Å². The largest absolute Gasteiger partial charge is 0.306 e. The van der Waals surface area contributed by atoms with Gasteiger partial charge >= 0.3 is 0 Å². The molecule has 0 aliphatic carbocycles. The molecule has 0 saturated carbocycles. The first-order chi connectivity index (χ1) is 10.6. The van der Waals surface area contributed by atoms with Crippen LogP contribution in [0.25, 0.3) is 0 Å². The van der Waals surface area contributed by atoms with Gasteiger partial charge in [-0.05, 0) is 35.9 Å². The van der Waals surface area contributed by atoms with Crippen molar-refractivity contribution >= 4 is 39.2 Å². The minimum atomic E-state index is -0.897. The third-order valence-corrected chi connectivity index (χ3v) is 6.43. The zero-order valence-corrected chi connectivity index (χ0v) is 13.2. The van der Waals surface area contributed by atoms with Crippen LogP contribution < -0.4 is 10.6 Å². The highest BCUT2D eigenvalue weighted by molar-refractivity contribution is 8.76. The van der Waals surface area contributed by atoms with Crippen molar-refractivity contribution in [1.29, 1.82) is 0 Å². The Balaban J connectivity index is 1.62. The first-order valence-electron chi connectivity index (χ1n) is 6.95. The van der Waals surface area contributed by atoms with Crippen molar-refractivity contribution in [3.63, 3.8) is 0 Å². The summed E-state index contributed by atoms with van der Waals surface area (Å²) in [4.78, 5) is 39.5. The molecule has 2 amide bonds. The van der Waals surface area contributed by atoms with E-state index in [1.165, 1.54) is 10.8 Å². The van der Waals surface area contributed by atoms with Gasteiger partial charge < -0.3 is 5.32 Å². The van der Waals surface area contributed by atoms with Crippen LogP contribution in [0.3, 0.4) is 0 Å². The fourth-order valence-corrected chi connectivity index (χ4v) is 5.12. The fraction of sp³-hybridized carbons (Fsp3) is 0.429. The van der Waals surface area contributed by atoms with E-state index in [2.05, 4.69) is 15.6 Å². The molecule has 6 nitrogen and oxygen atoms in total. The molecule has 3 rings (SSSR count). The Hall–Kier alpha value is -1.38. The summed E-state index contributed by atoms with van der Waals surface area (Å²) in [5.74, 6) is -2.19. The summed E-state index contributed by atoms with van der Waals surface area (Å²) in [6.45, 7) is 0.725. The molecule has 8 heteroatoms. The predicted octanol–water partition coefficient (Wildman–Crippen LogP) is 0.799. The maximum atomic E-state index is 12.5. The molecule has 0 aromatic carbocycles. The molecule has 2 saturated heterocycles. The molecule has 1 aromatic heterocycles. The van der Waals surface area contributed by atoms with Crippen LogP contribution in [0.5, 0.6) is 0 Å². The number of hydrogen-bond donors (Lipinski definition) is 1. The Labute approximate surface area is 135 Å². The summed E-state index contributed by atoms with van der Waals surface area (Å²) >= 11 is 0. The van der Waals surface area contributed by atoms with Gasteiger partial charge in [-0.1, -0.05) is 16.9 Å². The molecule has 2 aliphatic heterocycles. The SMILES string of the molecule is O=C1CC(C(=O)[C@H]2NCCC2SSc2ccccn2)C(=O)[N]1. The van der Waals surface area contributed by atoms with E-state index in [4.69, 9.17) is 0 Å². The second-order valence-corrected chi connectivity index (χ2v) is 7.57. The first-order valence-corrected chi connectivity index (χ1v) is 9.16. The van der Waals surface area contributed by atoms with Crippen LogP contribution in [-0.4, -0.2) is 40.4 Å². The van der Waals surface area contributed by atoms with E-state index in [9.17, 15) is 14.4 Å². The second-order valence-electron chi connectivity index (χ2n) is 5.11. The number of imide groups is 1. The average molecular weight is 336 g/mol. The molecular weight excluding hydrogens is 322 g/mol. The lowest BCUT2D eigenvalue weighted by Crippen LogP contribution is -2.42. The zero-order valence-electron chi connectivity index (χ0n) is 11.6. The molecule has 1 aromatic rings. The van der Waals surface area contributed by atoms with Gasteiger partial charge in [0.25, 0.3) is 5.91 Å². The van der Waals surface area contributed by atoms with Crippen LogP contribution >= 0.6 is 21.6 Å². The van der Waals surface area contributed by atoms with E-state index in [0.29, 0.717) is 0 Å². The molecule has 3 heterocycles. The number of rotatable bonds is 5. The molecule has 3 atom stereocenters. The number of aromatic nitrogens is 1. The average Bonchev–Trinajstić information content (AvgIpc) is 3.11. The van der Waals surface area contributed by atoms with Crippen molar-refractivity contribution in [3.05, 3.63) is 24.4 Å². The molecule has 1 radical (unpaired) electrons. The molecular formula is C14H14N3O3S2.